The molecule has 2 aromatic heterocycles. The van der Waals surface area contributed by atoms with Crippen LogP contribution in [0.25, 0.3) is 22.4 Å². The Morgan fingerprint density at radius 2 is 1.85 bits per heavy atom. The minimum atomic E-state index is -1.33. The fraction of sp³-hybridized carbons (Fsp3) is 0.125. The van der Waals surface area contributed by atoms with Gasteiger partial charge in [0.1, 0.15) is 16.5 Å². The number of halogens is 3. The van der Waals surface area contributed by atoms with Gasteiger partial charge in [-0.2, -0.15) is 5.10 Å². The SMILES string of the molecule is Cc1c(F)cc(NC(=O)c2cccc(-c3nn4c(c3-c3ccncc3)SCC4)c2)c(F)c1F. The summed E-state index contributed by atoms with van der Waals surface area (Å²) in [6.45, 7) is 1.91. The molecular formula is C24H17F3N4OS. The molecule has 1 aliphatic rings. The van der Waals surface area contributed by atoms with Gasteiger partial charge in [-0.25, -0.2) is 13.2 Å². The normalized spacial score (nSPS) is 12.6. The first-order valence-electron chi connectivity index (χ1n) is 10.1. The van der Waals surface area contributed by atoms with E-state index in [9.17, 15) is 18.0 Å². The predicted octanol–water partition coefficient (Wildman–Crippen LogP) is 5.70. The highest BCUT2D eigenvalue weighted by Crippen LogP contribution is 2.42. The fourth-order valence-corrected chi connectivity index (χ4v) is 4.83. The lowest BCUT2D eigenvalue weighted by Gasteiger charge is -2.10. The molecule has 33 heavy (non-hydrogen) atoms. The van der Waals surface area contributed by atoms with Crippen molar-refractivity contribution in [2.45, 2.75) is 18.5 Å². The number of pyridine rings is 1. The van der Waals surface area contributed by atoms with Gasteiger partial charge in [-0.15, -0.1) is 11.8 Å². The molecule has 5 nitrogen and oxygen atoms in total. The maximum absolute atomic E-state index is 14.2. The van der Waals surface area contributed by atoms with Crippen LogP contribution in [0, 0.1) is 24.4 Å². The molecule has 1 N–H and O–H groups in total. The topological polar surface area (TPSA) is 59.8 Å². The van der Waals surface area contributed by atoms with Crippen molar-refractivity contribution in [2.24, 2.45) is 0 Å². The molecule has 0 fully saturated rings. The summed E-state index contributed by atoms with van der Waals surface area (Å²) in [4.78, 5) is 16.9. The van der Waals surface area contributed by atoms with Crippen LogP contribution in [0.3, 0.4) is 0 Å². The lowest BCUT2D eigenvalue weighted by molar-refractivity contribution is 0.102. The molecule has 0 saturated carbocycles. The fourth-order valence-electron chi connectivity index (χ4n) is 3.73. The number of aryl methyl sites for hydroxylation is 1. The number of hydrogen-bond acceptors (Lipinski definition) is 4. The predicted molar refractivity (Wildman–Crippen MR) is 121 cm³/mol. The molecule has 5 rings (SSSR count). The quantitative estimate of drug-likeness (QED) is 0.392. The summed E-state index contributed by atoms with van der Waals surface area (Å²) in [5, 5.41) is 8.06. The van der Waals surface area contributed by atoms with Crippen LogP contribution < -0.4 is 5.32 Å². The summed E-state index contributed by atoms with van der Waals surface area (Å²) in [7, 11) is 0. The van der Waals surface area contributed by atoms with Gasteiger partial charge < -0.3 is 5.32 Å². The molecular weight excluding hydrogens is 449 g/mol. The summed E-state index contributed by atoms with van der Waals surface area (Å²) in [5.74, 6) is -3.33. The van der Waals surface area contributed by atoms with E-state index in [2.05, 4.69) is 10.3 Å². The first-order chi connectivity index (χ1) is 15.9. The number of aromatic nitrogens is 3. The van der Waals surface area contributed by atoms with Gasteiger partial charge in [-0.3, -0.25) is 14.5 Å². The van der Waals surface area contributed by atoms with Crippen LogP contribution >= 0.6 is 11.8 Å². The van der Waals surface area contributed by atoms with Gasteiger partial charge in [0, 0.05) is 46.5 Å². The van der Waals surface area contributed by atoms with Crippen LogP contribution in [-0.2, 0) is 6.54 Å². The summed E-state index contributed by atoms with van der Waals surface area (Å²) in [5.41, 5.74) is 2.51. The first-order valence-corrected chi connectivity index (χ1v) is 11.1. The van der Waals surface area contributed by atoms with E-state index < -0.39 is 34.6 Å². The van der Waals surface area contributed by atoms with Crippen LogP contribution in [0.4, 0.5) is 18.9 Å². The molecule has 1 amide bonds. The third-order valence-electron chi connectivity index (χ3n) is 5.45. The molecule has 0 saturated heterocycles. The summed E-state index contributed by atoms with van der Waals surface area (Å²) in [6, 6.07) is 11.3. The Morgan fingerprint density at radius 3 is 2.64 bits per heavy atom. The number of thioether (sulfide) groups is 1. The second-order valence-electron chi connectivity index (χ2n) is 7.53. The van der Waals surface area contributed by atoms with Crippen LogP contribution in [-0.4, -0.2) is 26.4 Å². The highest BCUT2D eigenvalue weighted by molar-refractivity contribution is 7.99. The van der Waals surface area contributed by atoms with Gasteiger partial charge in [-0.05, 0) is 36.8 Å². The number of amides is 1. The van der Waals surface area contributed by atoms with Crippen LogP contribution in [0.15, 0.2) is 59.9 Å². The molecule has 3 heterocycles. The number of anilines is 1. The number of hydrogen-bond donors (Lipinski definition) is 1. The number of fused-ring (bicyclic) bond motifs is 1. The lowest BCUT2D eigenvalue weighted by Crippen LogP contribution is -2.14. The Hall–Kier alpha value is -3.59. The minimum Gasteiger partial charge on any atom is -0.319 e. The zero-order chi connectivity index (χ0) is 23.1. The van der Waals surface area contributed by atoms with E-state index in [1.54, 1.807) is 42.4 Å². The van der Waals surface area contributed by atoms with Gasteiger partial charge in [0.05, 0.1) is 12.2 Å². The molecule has 0 radical (unpaired) electrons. The third-order valence-corrected chi connectivity index (χ3v) is 6.53. The van der Waals surface area contributed by atoms with Crippen molar-refractivity contribution in [1.82, 2.24) is 14.8 Å². The van der Waals surface area contributed by atoms with Crippen LogP contribution in [0.5, 0.6) is 0 Å². The van der Waals surface area contributed by atoms with Crippen molar-refractivity contribution in [3.8, 4) is 22.4 Å². The average Bonchev–Trinajstić information content (AvgIpc) is 3.43. The van der Waals surface area contributed by atoms with E-state index in [-0.39, 0.29) is 5.56 Å². The van der Waals surface area contributed by atoms with Gasteiger partial charge in [0.25, 0.3) is 5.91 Å². The van der Waals surface area contributed by atoms with Crippen molar-refractivity contribution in [2.75, 3.05) is 11.1 Å². The number of carbonyl (C=O) groups excluding carboxylic acids is 1. The molecule has 0 unspecified atom stereocenters. The lowest BCUT2D eigenvalue weighted by atomic mass is 10.0. The highest BCUT2D eigenvalue weighted by Gasteiger charge is 2.25. The first kappa shape index (κ1) is 21.3. The van der Waals surface area contributed by atoms with Crippen molar-refractivity contribution in [3.05, 3.63) is 83.4 Å². The molecule has 1 aliphatic heterocycles. The number of nitrogens with zero attached hydrogens (tertiary/aromatic N) is 3. The number of benzene rings is 2. The van der Waals surface area contributed by atoms with E-state index in [0.717, 1.165) is 41.4 Å². The molecule has 2 aromatic carbocycles. The van der Waals surface area contributed by atoms with Gasteiger partial charge in [-0.1, -0.05) is 12.1 Å². The van der Waals surface area contributed by atoms with Crippen molar-refractivity contribution in [3.63, 3.8) is 0 Å². The summed E-state index contributed by atoms with van der Waals surface area (Å²) >= 11 is 1.71. The van der Waals surface area contributed by atoms with Gasteiger partial charge in [0.15, 0.2) is 11.6 Å². The maximum Gasteiger partial charge on any atom is 0.255 e. The second-order valence-corrected chi connectivity index (χ2v) is 8.61. The standard InChI is InChI=1S/C24H17F3N4OS/c1-13-17(25)12-18(21(27)20(13)26)29-23(32)16-4-2-3-15(11-16)22-19(14-5-7-28-8-6-14)24-31(30-22)9-10-33-24/h2-8,11-12H,9-10H2,1H3,(H,29,32). The number of carbonyl (C=O) groups is 1. The van der Waals surface area contributed by atoms with Gasteiger partial charge >= 0.3 is 0 Å². The van der Waals surface area contributed by atoms with Crippen LogP contribution in [0.2, 0.25) is 0 Å². The van der Waals surface area contributed by atoms with Gasteiger partial charge in [0.2, 0.25) is 0 Å². The Kier molecular flexibility index (Phi) is 5.41. The summed E-state index contributed by atoms with van der Waals surface area (Å²) in [6.07, 6.45) is 3.42. The zero-order valence-electron chi connectivity index (χ0n) is 17.4. The van der Waals surface area contributed by atoms with E-state index in [1.165, 1.54) is 0 Å². The summed E-state index contributed by atoms with van der Waals surface area (Å²) < 4.78 is 43.9. The molecule has 0 atom stereocenters. The minimum absolute atomic E-state index is 0.204. The average molecular weight is 466 g/mol. The molecule has 9 heteroatoms. The van der Waals surface area contributed by atoms with Crippen molar-refractivity contribution in [1.29, 1.82) is 0 Å². The molecule has 0 bridgehead atoms. The Balaban J connectivity index is 1.52. The second kappa shape index (κ2) is 8.40. The van der Waals surface area contributed by atoms with E-state index >= 15 is 0 Å². The molecule has 166 valence electrons. The molecule has 0 spiro atoms. The molecule has 4 aromatic rings. The van der Waals surface area contributed by atoms with E-state index in [0.29, 0.717) is 11.3 Å². The maximum atomic E-state index is 14.2. The van der Waals surface area contributed by atoms with E-state index in [1.807, 2.05) is 22.9 Å². The number of rotatable bonds is 4. The smallest absolute Gasteiger partial charge is 0.255 e. The largest absolute Gasteiger partial charge is 0.319 e. The van der Waals surface area contributed by atoms with Crippen molar-refractivity contribution >= 4 is 23.4 Å². The highest BCUT2D eigenvalue weighted by atomic mass is 32.2. The van der Waals surface area contributed by atoms with E-state index in [4.69, 9.17) is 5.10 Å². The Labute approximate surface area is 191 Å². The number of nitrogens with one attached hydrogen (secondary N) is 1. The Morgan fingerprint density at radius 1 is 1.06 bits per heavy atom. The van der Waals surface area contributed by atoms with Crippen LogP contribution in [0.1, 0.15) is 15.9 Å². The van der Waals surface area contributed by atoms with Crippen molar-refractivity contribution < 1.29 is 18.0 Å². The third kappa shape index (κ3) is 3.78. The zero-order valence-corrected chi connectivity index (χ0v) is 18.2. The monoisotopic (exact) mass is 466 g/mol. The molecule has 0 aliphatic carbocycles. The Bertz CT molecular complexity index is 1390.